The van der Waals surface area contributed by atoms with Crippen molar-refractivity contribution < 1.29 is 9.59 Å². The monoisotopic (exact) mass is 295 g/mol. The van der Waals surface area contributed by atoms with Crippen molar-refractivity contribution in [2.45, 2.75) is 25.8 Å². The Morgan fingerprint density at radius 3 is 2.95 bits per heavy atom. The minimum atomic E-state index is -0.307. The number of thiophene rings is 1. The van der Waals surface area contributed by atoms with Gasteiger partial charge in [-0.1, -0.05) is 6.07 Å². The van der Waals surface area contributed by atoms with Crippen LogP contribution in [0.4, 0.5) is 0 Å². The Bertz CT molecular complexity index is 447. The van der Waals surface area contributed by atoms with Crippen LogP contribution < -0.4 is 5.73 Å². The summed E-state index contributed by atoms with van der Waals surface area (Å²) >= 11 is 1.68. The summed E-state index contributed by atoms with van der Waals surface area (Å²) in [6.45, 7) is 3.45. The minimum Gasteiger partial charge on any atom is -0.369 e. The highest BCUT2D eigenvalue weighted by atomic mass is 32.1. The van der Waals surface area contributed by atoms with E-state index >= 15 is 0 Å². The van der Waals surface area contributed by atoms with E-state index in [1.807, 2.05) is 16.3 Å². The summed E-state index contributed by atoms with van der Waals surface area (Å²) in [4.78, 5) is 27.8. The molecule has 0 atom stereocenters. The summed E-state index contributed by atoms with van der Waals surface area (Å²) < 4.78 is 0. The molecule has 20 heavy (non-hydrogen) atoms. The van der Waals surface area contributed by atoms with Crippen molar-refractivity contribution in [2.24, 2.45) is 5.73 Å². The van der Waals surface area contributed by atoms with E-state index in [1.54, 1.807) is 11.3 Å². The van der Waals surface area contributed by atoms with Gasteiger partial charge in [-0.25, -0.2) is 0 Å². The molecule has 2 amide bonds. The molecule has 2 N–H and O–H groups in total. The number of hydrogen-bond donors (Lipinski definition) is 1. The van der Waals surface area contributed by atoms with Gasteiger partial charge in [-0.05, 0) is 24.3 Å². The molecule has 2 heterocycles. The fourth-order valence-corrected chi connectivity index (χ4v) is 3.23. The number of primary amides is 1. The molecule has 110 valence electrons. The van der Waals surface area contributed by atoms with Gasteiger partial charge in [0, 0.05) is 37.5 Å². The molecular weight excluding hydrogens is 274 g/mol. The van der Waals surface area contributed by atoms with Crippen LogP contribution in [0, 0.1) is 0 Å². The lowest BCUT2D eigenvalue weighted by Crippen LogP contribution is -2.35. The second kappa shape index (κ2) is 7.40. The van der Waals surface area contributed by atoms with E-state index in [4.69, 9.17) is 5.73 Å². The molecule has 0 unspecified atom stereocenters. The van der Waals surface area contributed by atoms with Gasteiger partial charge in [-0.3, -0.25) is 14.5 Å². The topological polar surface area (TPSA) is 66.6 Å². The van der Waals surface area contributed by atoms with Crippen LogP contribution in [0.2, 0.25) is 0 Å². The summed E-state index contributed by atoms with van der Waals surface area (Å²) in [7, 11) is 0. The maximum absolute atomic E-state index is 11.5. The third-order valence-electron chi connectivity index (χ3n) is 3.41. The average molecular weight is 295 g/mol. The van der Waals surface area contributed by atoms with Crippen molar-refractivity contribution in [1.82, 2.24) is 9.80 Å². The quantitative estimate of drug-likeness (QED) is 0.779. The van der Waals surface area contributed by atoms with E-state index in [2.05, 4.69) is 11.0 Å². The number of hydrogen-bond acceptors (Lipinski definition) is 4. The van der Waals surface area contributed by atoms with Gasteiger partial charge >= 0.3 is 0 Å². The number of carbonyl (C=O) groups excluding carboxylic acids is 2. The van der Waals surface area contributed by atoms with Gasteiger partial charge in [-0.2, -0.15) is 0 Å². The zero-order chi connectivity index (χ0) is 14.4. The van der Waals surface area contributed by atoms with E-state index in [9.17, 15) is 9.59 Å². The lowest BCUT2D eigenvalue weighted by molar-refractivity contribution is -0.128. The van der Waals surface area contributed by atoms with E-state index in [0.29, 0.717) is 6.42 Å². The number of carbonyl (C=O) groups is 2. The maximum Gasteiger partial charge on any atom is 0.231 e. The van der Waals surface area contributed by atoms with E-state index in [0.717, 1.165) is 39.0 Å². The van der Waals surface area contributed by atoms with Gasteiger partial charge in [-0.15, -0.1) is 11.3 Å². The highest BCUT2D eigenvalue weighted by molar-refractivity contribution is 7.09. The molecule has 2 rings (SSSR count). The minimum absolute atomic E-state index is 0.254. The van der Waals surface area contributed by atoms with Gasteiger partial charge in [0.1, 0.15) is 0 Å². The molecule has 6 heteroatoms. The fourth-order valence-electron chi connectivity index (χ4n) is 2.48. The molecule has 0 radical (unpaired) electrons. The summed E-state index contributed by atoms with van der Waals surface area (Å²) in [5.41, 5.74) is 5.30. The first kappa shape index (κ1) is 15.0. The molecule has 1 aromatic heterocycles. The van der Waals surface area contributed by atoms with E-state index < -0.39 is 0 Å². The first-order chi connectivity index (χ1) is 9.65. The van der Waals surface area contributed by atoms with Crippen LogP contribution >= 0.6 is 11.3 Å². The highest BCUT2D eigenvalue weighted by Gasteiger charge is 2.19. The lowest BCUT2D eigenvalue weighted by Gasteiger charge is -2.22. The van der Waals surface area contributed by atoms with E-state index in [-0.39, 0.29) is 18.4 Å². The summed E-state index contributed by atoms with van der Waals surface area (Å²) in [5, 5.41) is 2.03. The van der Waals surface area contributed by atoms with Crippen molar-refractivity contribution in [2.75, 3.05) is 26.2 Å². The average Bonchev–Trinajstić information content (AvgIpc) is 3.01. The largest absolute Gasteiger partial charge is 0.369 e. The number of likely N-dealkylation sites (tertiary alicyclic amines) is 1. The molecule has 1 fully saturated rings. The first-order valence-electron chi connectivity index (χ1n) is 6.96. The van der Waals surface area contributed by atoms with Crippen molar-refractivity contribution in [3.63, 3.8) is 0 Å². The van der Waals surface area contributed by atoms with Crippen molar-refractivity contribution in [3.8, 4) is 0 Å². The van der Waals surface area contributed by atoms with Crippen molar-refractivity contribution in [3.05, 3.63) is 22.4 Å². The molecule has 1 saturated heterocycles. The number of rotatable bonds is 8. The van der Waals surface area contributed by atoms with Crippen LogP contribution in [0.3, 0.4) is 0 Å². The number of nitrogens with zero attached hydrogens (tertiary/aromatic N) is 2. The fraction of sp³-hybridized carbons (Fsp3) is 0.571. The molecule has 1 aromatic rings. The molecule has 5 nitrogen and oxygen atoms in total. The van der Waals surface area contributed by atoms with Crippen molar-refractivity contribution in [1.29, 1.82) is 0 Å². The van der Waals surface area contributed by atoms with Crippen LogP contribution in [0.15, 0.2) is 17.5 Å². The second-order valence-corrected chi connectivity index (χ2v) is 6.13. The van der Waals surface area contributed by atoms with E-state index in [1.165, 1.54) is 4.88 Å². The third kappa shape index (κ3) is 4.61. The van der Waals surface area contributed by atoms with Crippen molar-refractivity contribution >= 4 is 23.2 Å². The highest BCUT2D eigenvalue weighted by Crippen LogP contribution is 2.13. The van der Waals surface area contributed by atoms with Crippen LogP contribution in [-0.2, 0) is 16.1 Å². The molecular formula is C14H21N3O2S. The summed E-state index contributed by atoms with van der Waals surface area (Å²) in [6, 6.07) is 4.06. The van der Waals surface area contributed by atoms with Gasteiger partial charge in [0.2, 0.25) is 11.8 Å². The molecule has 0 spiro atoms. The van der Waals surface area contributed by atoms with Gasteiger partial charge in [0.15, 0.2) is 0 Å². The Morgan fingerprint density at radius 2 is 2.35 bits per heavy atom. The SMILES string of the molecule is NC(=O)CN(CCCN1CCCC1=O)Cc1cccs1. The Labute approximate surface area is 123 Å². The smallest absolute Gasteiger partial charge is 0.231 e. The molecule has 1 aliphatic rings. The first-order valence-corrected chi connectivity index (χ1v) is 7.84. The Hall–Kier alpha value is -1.40. The molecule has 0 bridgehead atoms. The maximum atomic E-state index is 11.5. The third-order valence-corrected chi connectivity index (χ3v) is 4.27. The predicted octanol–water partition coefficient (Wildman–Crippen LogP) is 1.05. The Morgan fingerprint density at radius 1 is 1.50 bits per heavy atom. The summed E-state index contributed by atoms with van der Waals surface area (Å²) in [5.74, 6) is -0.0523. The molecule has 0 saturated carbocycles. The molecule has 0 aromatic carbocycles. The lowest BCUT2D eigenvalue weighted by atomic mass is 10.3. The van der Waals surface area contributed by atoms with Gasteiger partial charge in [0.25, 0.3) is 0 Å². The second-order valence-electron chi connectivity index (χ2n) is 5.09. The number of amides is 2. The van der Waals surface area contributed by atoms with Crippen LogP contribution in [0.1, 0.15) is 24.1 Å². The Balaban J connectivity index is 1.78. The van der Waals surface area contributed by atoms with Gasteiger partial charge < -0.3 is 10.6 Å². The standard InChI is InChI=1S/C14H21N3O2S/c15-13(18)11-16(10-12-4-2-9-20-12)6-3-8-17-7-1-5-14(17)19/h2,4,9H,1,3,5-8,10-11H2,(H2,15,18). The molecule has 0 aliphatic carbocycles. The van der Waals surface area contributed by atoms with Crippen LogP contribution in [0.25, 0.3) is 0 Å². The van der Waals surface area contributed by atoms with Gasteiger partial charge in [0.05, 0.1) is 6.54 Å². The molecule has 1 aliphatic heterocycles. The number of nitrogens with two attached hydrogens (primary N) is 1. The van der Waals surface area contributed by atoms with Crippen LogP contribution in [-0.4, -0.2) is 47.8 Å². The predicted molar refractivity (Wildman–Crippen MR) is 79.2 cm³/mol. The zero-order valence-electron chi connectivity index (χ0n) is 11.6. The van der Waals surface area contributed by atoms with Crippen LogP contribution in [0.5, 0.6) is 0 Å². The zero-order valence-corrected chi connectivity index (χ0v) is 12.4. The summed E-state index contributed by atoms with van der Waals surface area (Å²) in [6.07, 6.45) is 2.53. The Kier molecular flexibility index (Phi) is 5.55. The normalized spacial score (nSPS) is 15.2.